The molecule has 1 heterocycles. The molecule has 5 nitrogen and oxygen atoms in total. The van der Waals surface area contributed by atoms with E-state index in [2.05, 4.69) is 64.1 Å². The monoisotopic (exact) mass is 439 g/mol. The maximum Gasteiger partial charge on any atom is 0.163 e. The summed E-state index contributed by atoms with van der Waals surface area (Å²) in [5, 5.41) is 7.26. The van der Waals surface area contributed by atoms with Crippen molar-refractivity contribution in [2.75, 3.05) is 36.7 Å². The van der Waals surface area contributed by atoms with Crippen molar-refractivity contribution in [3.8, 4) is 5.75 Å². The van der Waals surface area contributed by atoms with Gasteiger partial charge in [-0.25, -0.2) is 0 Å². The minimum absolute atomic E-state index is 0.136. The van der Waals surface area contributed by atoms with Gasteiger partial charge in [0.25, 0.3) is 0 Å². The second-order valence-electron chi connectivity index (χ2n) is 8.93. The van der Waals surface area contributed by atoms with Crippen molar-refractivity contribution in [2.45, 2.75) is 24.8 Å². The molecule has 0 spiro atoms. The smallest absolute Gasteiger partial charge is 0.163 e. The van der Waals surface area contributed by atoms with Gasteiger partial charge in [-0.3, -0.25) is 4.79 Å². The molecular formula is C28H29N3O2. The maximum absolute atomic E-state index is 13.6. The first-order chi connectivity index (χ1) is 16.0. The molecule has 2 atom stereocenters. The number of hydrogen-bond donors (Lipinski definition) is 2. The van der Waals surface area contributed by atoms with E-state index in [0.29, 0.717) is 6.42 Å². The predicted molar refractivity (Wildman–Crippen MR) is 134 cm³/mol. The minimum Gasteiger partial charge on any atom is -0.497 e. The van der Waals surface area contributed by atoms with E-state index < -0.39 is 0 Å². The number of fused-ring (bicyclic) bond motifs is 1. The Morgan fingerprint density at radius 1 is 0.848 bits per heavy atom. The molecular weight excluding hydrogens is 410 g/mol. The van der Waals surface area contributed by atoms with E-state index in [1.165, 1.54) is 0 Å². The van der Waals surface area contributed by atoms with Crippen LogP contribution in [0.1, 0.15) is 35.9 Å². The lowest BCUT2D eigenvalue weighted by atomic mass is 9.78. The van der Waals surface area contributed by atoms with E-state index in [1.807, 2.05) is 38.4 Å². The average molecular weight is 440 g/mol. The molecule has 0 unspecified atom stereocenters. The van der Waals surface area contributed by atoms with Crippen LogP contribution in [0.15, 0.2) is 84.1 Å². The molecule has 3 aromatic carbocycles. The molecule has 0 saturated heterocycles. The van der Waals surface area contributed by atoms with Gasteiger partial charge in [0.15, 0.2) is 5.78 Å². The fourth-order valence-electron chi connectivity index (χ4n) is 4.82. The number of methoxy groups -OCH3 is 1. The number of hydrogen-bond acceptors (Lipinski definition) is 5. The Morgan fingerprint density at radius 3 is 2.18 bits per heavy atom. The van der Waals surface area contributed by atoms with E-state index in [4.69, 9.17) is 4.74 Å². The lowest BCUT2D eigenvalue weighted by Crippen LogP contribution is -2.26. The van der Waals surface area contributed by atoms with Gasteiger partial charge in [0.05, 0.1) is 24.5 Å². The summed E-state index contributed by atoms with van der Waals surface area (Å²) < 4.78 is 5.31. The summed E-state index contributed by atoms with van der Waals surface area (Å²) in [6.07, 6.45) is 1.28. The zero-order valence-corrected chi connectivity index (χ0v) is 19.3. The normalized spacial score (nSPS) is 19.5. The summed E-state index contributed by atoms with van der Waals surface area (Å²) in [4.78, 5) is 15.7. The Balaban J connectivity index is 1.55. The van der Waals surface area contributed by atoms with Crippen LogP contribution < -0.4 is 20.3 Å². The SMILES string of the molecule is COc1ccc([C@H]2CC(=O)C3=C(C2)Nc2ccccc2N[C@@H]3c2ccc(N(C)C)cc2)cc1. The highest BCUT2D eigenvalue weighted by atomic mass is 16.5. The Kier molecular flexibility index (Phi) is 5.55. The van der Waals surface area contributed by atoms with Gasteiger partial charge < -0.3 is 20.3 Å². The molecule has 0 bridgehead atoms. The zero-order chi connectivity index (χ0) is 22.9. The molecule has 1 aliphatic carbocycles. The number of nitrogens with one attached hydrogen (secondary N) is 2. The van der Waals surface area contributed by atoms with Crippen LogP contribution in [-0.4, -0.2) is 27.0 Å². The Morgan fingerprint density at radius 2 is 1.52 bits per heavy atom. The first-order valence-corrected chi connectivity index (χ1v) is 11.3. The number of ketones is 1. The summed E-state index contributed by atoms with van der Waals surface area (Å²) in [5.74, 6) is 1.15. The first-order valence-electron chi connectivity index (χ1n) is 11.3. The van der Waals surface area contributed by atoms with Crippen molar-refractivity contribution in [1.29, 1.82) is 0 Å². The van der Waals surface area contributed by atoms with Gasteiger partial charge in [0.2, 0.25) is 0 Å². The Bertz CT molecular complexity index is 1200. The van der Waals surface area contributed by atoms with Crippen molar-refractivity contribution >= 4 is 22.8 Å². The largest absolute Gasteiger partial charge is 0.497 e. The third kappa shape index (κ3) is 4.07. The van der Waals surface area contributed by atoms with Crippen LogP contribution >= 0.6 is 0 Å². The van der Waals surface area contributed by atoms with Crippen molar-refractivity contribution < 1.29 is 9.53 Å². The van der Waals surface area contributed by atoms with Crippen molar-refractivity contribution in [1.82, 2.24) is 0 Å². The minimum atomic E-state index is -0.198. The summed E-state index contributed by atoms with van der Waals surface area (Å²) in [6.45, 7) is 0. The summed E-state index contributed by atoms with van der Waals surface area (Å²) in [7, 11) is 5.73. The van der Waals surface area contributed by atoms with Gasteiger partial charge in [0, 0.05) is 37.5 Å². The molecule has 0 amide bonds. The lowest BCUT2D eigenvalue weighted by Gasteiger charge is -2.30. The number of allylic oxidation sites excluding steroid dienone is 1. The van der Waals surface area contributed by atoms with Crippen LogP contribution in [0.25, 0.3) is 0 Å². The van der Waals surface area contributed by atoms with Gasteiger partial charge in [-0.2, -0.15) is 0 Å². The molecule has 0 radical (unpaired) electrons. The molecule has 5 heteroatoms. The highest BCUT2D eigenvalue weighted by Crippen LogP contribution is 2.44. The molecule has 1 aliphatic heterocycles. The van der Waals surface area contributed by atoms with Crippen molar-refractivity contribution in [2.24, 2.45) is 0 Å². The number of ether oxygens (including phenoxy) is 1. The quantitative estimate of drug-likeness (QED) is 0.543. The topological polar surface area (TPSA) is 53.6 Å². The third-order valence-electron chi connectivity index (χ3n) is 6.64. The molecule has 33 heavy (non-hydrogen) atoms. The van der Waals surface area contributed by atoms with Gasteiger partial charge >= 0.3 is 0 Å². The van der Waals surface area contributed by atoms with Gasteiger partial charge in [-0.05, 0) is 59.9 Å². The van der Waals surface area contributed by atoms with Gasteiger partial charge in [-0.1, -0.05) is 36.4 Å². The highest BCUT2D eigenvalue weighted by Gasteiger charge is 2.36. The van der Waals surface area contributed by atoms with Gasteiger partial charge in [0.1, 0.15) is 5.75 Å². The van der Waals surface area contributed by atoms with E-state index in [-0.39, 0.29) is 17.7 Å². The van der Waals surface area contributed by atoms with Crippen molar-refractivity contribution in [3.63, 3.8) is 0 Å². The molecule has 168 valence electrons. The fraction of sp³-hybridized carbons (Fsp3) is 0.250. The van der Waals surface area contributed by atoms with Crippen LogP contribution in [0.2, 0.25) is 0 Å². The first kappa shape index (κ1) is 21.1. The summed E-state index contributed by atoms with van der Waals surface area (Å²) in [6, 6.07) is 24.5. The second-order valence-corrected chi connectivity index (χ2v) is 8.93. The summed E-state index contributed by atoms with van der Waals surface area (Å²) in [5.41, 5.74) is 7.23. The maximum atomic E-state index is 13.6. The number of para-hydroxylation sites is 2. The number of carbonyl (C=O) groups is 1. The second kappa shape index (κ2) is 8.66. The summed E-state index contributed by atoms with van der Waals surface area (Å²) >= 11 is 0. The average Bonchev–Trinajstić information content (AvgIpc) is 3.01. The van der Waals surface area contributed by atoms with E-state index in [9.17, 15) is 4.79 Å². The highest BCUT2D eigenvalue weighted by molar-refractivity contribution is 6.01. The molecule has 2 N–H and O–H groups in total. The van der Waals surface area contributed by atoms with Crippen molar-refractivity contribution in [3.05, 3.63) is 95.2 Å². The Labute approximate surface area is 195 Å². The molecule has 0 aromatic heterocycles. The number of nitrogens with zero attached hydrogens (tertiary/aromatic N) is 1. The van der Waals surface area contributed by atoms with Crippen LogP contribution in [0.5, 0.6) is 5.75 Å². The van der Waals surface area contributed by atoms with E-state index in [0.717, 1.165) is 51.6 Å². The van der Waals surface area contributed by atoms with E-state index in [1.54, 1.807) is 7.11 Å². The van der Waals surface area contributed by atoms with Crippen LogP contribution in [-0.2, 0) is 4.79 Å². The Hall–Kier alpha value is -3.73. The van der Waals surface area contributed by atoms with Crippen LogP contribution in [0.4, 0.5) is 17.1 Å². The fourth-order valence-corrected chi connectivity index (χ4v) is 4.82. The molecule has 2 aliphatic rings. The lowest BCUT2D eigenvalue weighted by molar-refractivity contribution is -0.116. The molecule has 0 fully saturated rings. The third-order valence-corrected chi connectivity index (χ3v) is 6.64. The number of Topliss-reactive ketones (excluding diaryl/α,β-unsaturated/α-hetero) is 1. The number of anilines is 3. The number of rotatable bonds is 4. The number of benzene rings is 3. The zero-order valence-electron chi connectivity index (χ0n) is 19.3. The molecule has 3 aromatic rings. The standard InChI is InChI=1S/C28H29N3O2/c1-31(2)21-12-8-19(9-13-21)28-27-25(29-23-6-4-5-7-24(23)30-28)16-20(17-26(27)32)18-10-14-22(33-3)15-11-18/h4-15,20,28-30H,16-17H2,1-3H3/t20-,28-/m1/s1. The van der Waals surface area contributed by atoms with Crippen LogP contribution in [0, 0.1) is 0 Å². The van der Waals surface area contributed by atoms with Gasteiger partial charge in [-0.15, -0.1) is 0 Å². The molecule has 0 saturated carbocycles. The molecule has 5 rings (SSSR count). The number of carbonyl (C=O) groups excluding carboxylic acids is 1. The van der Waals surface area contributed by atoms with E-state index >= 15 is 0 Å². The van der Waals surface area contributed by atoms with Crippen LogP contribution in [0.3, 0.4) is 0 Å². The predicted octanol–water partition coefficient (Wildman–Crippen LogP) is 5.74.